The molecule has 1 aliphatic heterocycles. The van der Waals surface area contributed by atoms with E-state index >= 15 is 0 Å². The van der Waals surface area contributed by atoms with Gasteiger partial charge in [-0.1, -0.05) is 24.3 Å². The summed E-state index contributed by atoms with van der Waals surface area (Å²) >= 11 is 1.84. The van der Waals surface area contributed by atoms with Crippen LogP contribution in [0.25, 0.3) is 0 Å². The van der Waals surface area contributed by atoms with E-state index < -0.39 is 11.8 Å². The van der Waals surface area contributed by atoms with E-state index in [9.17, 15) is 9.59 Å². The third-order valence-corrected chi connectivity index (χ3v) is 5.52. The summed E-state index contributed by atoms with van der Waals surface area (Å²) < 4.78 is 0. The van der Waals surface area contributed by atoms with Crippen molar-refractivity contribution < 1.29 is 9.59 Å². The Morgan fingerprint density at radius 3 is 2.48 bits per heavy atom. The van der Waals surface area contributed by atoms with Gasteiger partial charge in [-0.3, -0.25) is 9.59 Å². The van der Waals surface area contributed by atoms with E-state index in [0.717, 1.165) is 32.5 Å². The van der Waals surface area contributed by atoms with E-state index in [1.807, 2.05) is 29.5 Å². The van der Waals surface area contributed by atoms with E-state index in [1.165, 1.54) is 4.88 Å². The number of carbonyl (C=O) groups is 2. The van der Waals surface area contributed by atoms with Gasteiger partial charge in [0.05, 0.1) is 0 Å². The second-order valence-corrected chi connectivity index (χ2v) is 7.19. The van der Waals surface area contributed by atoms with Crippen LogP contribution in [0.4, 0.5) is 5.69 Å². The van der Waals surface area contributed by atoms with Gasteiger partial charge in [-0.15, -0.1) is 11.3 Å². The fraction of sp³-hybridized carbons (Fsp3) is 0.368. The first-order valence-corrected chi connectivity index (χ1v) is 9.50. The number of thiophene rings is 1. The molecule has 1 aromatic carbocycles. The molecular formula is C19H23N3O2S. The van der Waals surface area contributed by atoms with E-state index in [1.54, 1.807) is 12.1 Å². The maximum absolute atomic E-state index is 11.9. The summed E-state index contributed by atoms with van der Waals surface area (Å²) in [6.07, 6.45) is 2.31. The lowest BCUT2D eigenvalue weighted by atomic mass is 9.95. The number of carbonyl (C=O) groups excluding carboxylic acids is 2. The van der Waals surface area contributed by atoms with Crippen LogP contribution >= 0.6 is 11.3 Å². The Bertz CT molecular complexity index is 680. The molecule has 1 aliphatic rings. The normalized spacial score (nSPS) is 15.7. The van der Waals surface area contributed by atoms with Gasteiger partial charge in [0.2, 0.25) is 0 Å². The van der Waals surface area contributed by atoms with Crippen LogP contribution in [0.5, 0.6) is 0 Å². The van der Waals surface area contributed by atoms with Crippen LogP contribution in [-0.4, -0.2) is 42.9 Å². The third kappa shape index (κ3) is 5.14. The summed E-state index contributed by atoms with van der Waals surface area (Å²) in [5.41, 5.74) is 0.623. The topological polar surface area (TPSA) is 61.4 Å². The lowest BCUT2D eigenvalue weighted by Crippen LogP contribution is -2.42. The van der Waals surface area contributed by atoms with Crippen LogP contribution in [0, 0.1) is 0 Å². The summed E-state index contributed by atoms with van der Waals surface area (Å²) in [6, 6.07) is 13.3. The van der Waals surface area contributed by atoms with Crippen molar-refractivity contribution in [3.63, 3.8) is 0 Å². The number of benzene rings is 1. The van der Waals surface area contributed by atoms with E-state index in [0.29, 0.717) is 18.2 Å². The van der Waals surface area contributed by atoms with Gasteiger partial charge < -0.3 is 15.5 Å². The highest BCUT2D eigenvalue weighted by Crippen LogP contribution is 2.30. The van der Waals surface area contributed by atoms with Crippen molar-refractivity contribution in [1.29, 1.82) is 0 Å². The fourth-order valence-corrected chi connectivity index (χ4v) is 3.98. The molecule has 2 aromatic rings. The van der Waals surface area contributed by atoms with Crippen molar-refractivity contribution in [1.82, 2.24) is 10.2 Å². The minimum atomic E-state index is -0.623. The average Bonchev–Trinajstić information content (AvgIpc) is 3.18. The number of rotatable bonds is 5. The van der Waals surface area contributed by atoms with Crippen molar-refractivity contribution in [2.75, 3.05) is 31.5 Å². The molecule has 25 heavy (non-hydrogen) atoms. The van der Waals surface area contributed by atoms with Gasteiger partial charge in [0.1, 0.15) is 0 Å². The van der Waals surface area contributed by atoms with Crippen molar-refractivity contribution in [2.45, 2.75) is 18.8 Å². The Morgan fingerprint density at radius 1 is 1.04 bits per heavy atom. The zero-order valence-electron chi connectivity index (χ0n) is 14.1. The quantitative estimate of drug-likeness (QED) is 0.809. The summed E-state index contributed by atoms with van der Waals surface area (Å²) in [7, 11) is 0. The maximum atomic E-state index is 11.9. The second-order valence-electron chi connectivity index (χ2n) is 6.21. The molecule has 0 radical (unpaired) electrons. The molecule has 2 heterocycles. The first-order valence-electron chi connectivity index (χ1n) is 8.62. The van der Waals surface area contributed by atoms with Crippen molar-refractivity contribution in [2.24, 2.45) is 0 Å². The number of nitrogens with one attached hydrogen (secondary N) is 2. The lowest BCUT2D eigenvalue weighted by Gasteiger charge is -2.31. The van der Waals surface area contributed by atoms with E-state index in [4.69, 9.17) is 0 Å². The van der Waals surface area contributed by atoms with Gasteiger partial charge in [-0.2, -0.15) is 0 Å². The molecule has 3 rings (SSSR count). The first kappa shape index (κ1) is 17.6. The Labute approximate surface area is 152 Å². The Balaban J connectivity index is 1.34. The largest absolute Gasteiger partial charge is 0.347 e. The van der Waals surface area contributed by atoms with Gasteiger partial charge in [0.25, 0.3) is 0 Å². The molecule has 0 unspecified atom stereocenters. The van der Waals surface area contributed by atoms with Gasteiger partial charge in [-0.25, -0.2) is 0 Å². The molecule has 2 amide bonds. The van der Waals surface area contributed by atoms with Crippen LogP contribution < -0.4 is 10.6 Å². The molecule has 6 heteroatoms. The fourth-order valence-electron chi connectivity index (χ4n) is 3.08. The molecular weight excluding hydrogens is 334 g/mol. The van der Waals surface area contributed by atoms with E-state index in [2.05, 4.69) is 33.0 Å². The summed E-state index contributed by atoms with van der Waals surface area (Å²) in [6.45, 7) is 3.34. The molecule has 132 valence electrons. The van der Waals surface area contributed by atoms with Gasteiger partial charge in [0, 0.05) is 23.7 Å². The minimum Gasteiger partial charge on any atom is -0.347 e. The third-order valence-electron chi connectivity index (χ3n) is 4.48. The van der Waals surface area contributed by atoms with Crippen LogP contribution in [0.2, 0.25) is 0 Å². The molecule has 0 spiro atoms. The zero-order valence-corrected chi connectivity index (χ0v) is 14.9. The van der Waals surface area contributed by atoms with Crippen LogP contribution in [-0.2, 0) is 9.59 Å². The molecule has 5 nitrogen and oxygen atoms in total. The number of para-hydroxylation sites is 1. The SMILES string of the molecule is O=C(NCCN1CCC(c2cccs2)CC1)C(=O)Nc1ccccc1. The number of amides is 2. The number of piperidine rings is 1. The van der Waals surface area contributed by atoms with Crippen molar-refractivity contribution >= 4 is 28.8 Å². The van der Waals surface area contributed by atoms with E-state index in [-0.39, 0.29) is 0 Å². The molecule has 2 N–H and O–H groups in total. The number of anilines is 1. The smallest absolute Gasteiger partial charge is 0.313 e. The molecule has 0 bridgehead atoms. The number of hydrogen-bond donors (Lipinski definition) is 2. The molecule has 1 saturated heterocycles. The summed E-state index contributed by atoms with van der Waals surface area (Å²) in [5, 5.41) is 7.42. The molecule has 0 saturated carbocycles. The zero-order chi connectivity index (χ0) is 17.5. The highest BCUT2D eigenvalue weighted by Gasteiger charge is 2.21. The predicted octanol–water partition coefficient (Wildman–Crippen LogP) is 2.68. The average molecular weight is 357 g/mol. The summed E-state index contributed by atoms with van der Waals surface area (Å²) in [4.78, 5) is 27.5. The van der Waals surface area contributed by atoms with Crippen molar-refractivity contribution in [3.05, 3.63) is 52.7 Å². The number of nitrogens with zero attached hydrogens (tertiary/aromatic N) is 1. The van der Waals surface area contributed by atoms with Crippen LogP contribution in [0.3, 0.4) is 0 Å². The van der Waals surface area contributed by atoms with Gasteiger partial charge in [-0.05, 0) is 55.4 Å². The minimum absolute atomic E-state index is 0.491. The predicted molar refractivity (Wildman–Crippen MR) is 101 cm³/mol. The highest BCUT2D eigenvalue weighted by molar-refractivity contribution is 7.10. The Kier molecular flexibility index (Phi) is 6.19. The molecule has 0 aliphatic carbocycles. The highest BCUT2D eigenvalue weighted by atomic mass is 32.1. The Morgan fingerprint density at radius 2 is 1.80 bits per heavy atom. The van der Waals surface area contributed by atoms with Crippen LogP contribution in [0.15, 0.2) is 47.8 Å². The maximum Gasteiger partial charge on any atom is 0.313 e. The molecule has 1 aromatic heterocycles. The standard InChI is InChI=1S/C19H23N3O2S/c23-18(19(24)21-16-5-2-1-3-6-16)20-10-13-22-11-8-15(9-12-22)17-7-4-14-25-17/h1-7,14-15H,8-13H2,(H,20,23)(H,21,24). The summed E-state index contributed by atoms with van der Waals surface area (Å²) in [5.74, 6) is -0.539. The monoisotopic (exact) mass is 357 g/mol. The Hall–Kier alpha value is -2.18. The van der Waals surface area contributed by atoms with Crippen LogP contribution in [0.1, 0.15) is 23.6 Å². The van der Waals surface area contributed by atoms with Gasteiger partial charge >= 0.3 is 11.8 Å². The second kappa shape index (κ2) is 8.78. The van der Waals surface area contributed by atoms with Gasteiger partial charge in [0.15, 0.2) is 0 Å². The first-order chi connectivity index (χ1) is 12.2. The number of hydrogen-bond acceptors (Lipinski definition) is 4. The molecule has 0 atom stereocenters. The lowest BCUT2D eigenvalue weighted by molar-refractivity contribution is -0.136. The van der Waals surface area contributed by atoms with Crippen molar-refractivity contribution in [3.8, 4) is 0 Å². The number of likely N-dealkylation sites (tertiary alicyclic amines) is 1. The molecule has 1 fully saturated rings.